The smallest absolute Gasteiger partial charge is 0.313 e. The zero-order valence-electron chi connectivity index (χ0n) is 10.9. The van der Waals surface area contributed by atoms with E-state index in [1.165, 1.54) is 12.3 Å². The summed E-state index contributed by atoms with van der Waals surface area (Å²) < 4.78 is 5.08. The quantitative estimate of drug-likeness (QED) is 0.750. The number of aliphatic hydroxyl groups excluding tert-OH is 1. The Morgan fingerprint density at radius 3 is 2.67 bits per heavy atom. The van der Waals surface area contributed by atoms with Crippen LogP contribution in [0.1, 0.15) is 11.8 Å². The molecule has 0 saturated carbocycles. The van der Waals surface area contributed by atoms with Crippen LogP contribution in [0.2, 0.25) is 5.02 Å². The molecule has 3 N–H and O–H groups in total. The fourth-order valence-corrected chi connectivity index (χ4v) is 1.86. The van der Waals surface area contributed by atoms with E-state index in [1.807, 2.05) is 0 Å². The average molecular weight is 309 g/mol. The third kappa shape index (κ3) is 4.08. The highest BCUT2D eigenvalue weighted by Gasteiger charge is 2.21. The molecule has 110 valence electrons. The fourth-order valence-electron chi connectivity index (χ4n) is 1.67. The maximum absolute atomic E-state index is 11.8. The summed E-state index contributed by atoms with van der Waals surface area (Å²) in [4.78, 5) is 23.6. The summed E-state index contributed by atoms with van der Waals surface area (Å²) in [5, 5.41) is 14.5. The molecule has 1 atom stereocenters. The Kier molecular flexibility index (Phi) is 4.97. The third-order valence-electron chi connectivity index (χ3n) is 2.66. The van der Waals surface area contributed by atoms with Crippen LogP contribution in [-0.2, 0) is 9.59 Å². The van der Waals surface area contributed by atoms with Crippen molar-refractivity contribution in [3.05, 3.63) is 53.4 Å². The topological polar surface area (TPSA) is 91.6 Å². The fraction of sp³-hybridized carbons (Fsp3) is 0.143. The predicted octanol–water partition coefficient (Wildman–Crippen LogP) is 1.72. The van der Waals surface area contributed by atoms with Crippen LogP contribution in [-0.4, -0.2) is 23.5 Å². The number of hydrogen-bond acceptors (Lipinski definition) is 4. The molecule has 0 aliphatic rings. The van der Waals surface area contributed by atoms with E-state index in [4.69, 9.17) is 16.0 Å². The minimum Gasteiger partial charge on any atom is -0.467 e. The number of furan rings is 1. The Hall–Kier alpha value is -2.31. The molecule has 1 aromatic carbocycles. The first-order valence-electron chi connectivity index (χ1n) is 6.12. The highest BCUT2D eigenvalue weighted by atomic mass is 35.5. The number of amides is 2. The number of benzene rings is 1. The van der Waals surface area contributed by atoms with Crippen molar-refractivity contribution in [2.75, 3.05) is 11.9 Å². The molecule has 0 radical (unpaired) electrons. The SMILES string of the molecule is O=C(Nc1cccc(Cl)c1)C(=O)NC(CO)c1ccco1. The first kappa shape index (κ1) is 15.1. The molecule has 0 spiro atoms. The van der Waals surface area contributed by atoms with E-state index in [1.54, 1.807) is 30.3 Å². The van der Waals surface area contributed by atoms with Gasteiger partial charge in [0.1, 0.15) is 11.8 Å². The maximum atomic E-state index is 11.8. The van der Waals surface area contributed by atoms with Crippen LogP contribution in [0.3, 0.4) is 0 Å². The molecule has 1 aromatic heterocycles. The zero-order valence-corrected chi connectivity index (χ0v) is 11.6. The maximum Gasteiger partial charge on any atom is 0.313 e. The molecule has 0 aliphatic carbocycles. The largest absolute Gasteiger partial charge is 0.467 e. The molecule has 7 heteroatoms. The molecule has 0 saturated heterocycles. The van der Waals surface area contributed by atoms with Crippen LogP contribution in [0.25, 0.3) is 0 Å². The highest BCUT2D eigenvalue weighted by molar-refractivity contribution is 6.40. The molecule has 0 bridgehead atoms. The number of nitrogens with one attached hydrogen (secondary N) is 2. The second kappa shape index (κ2) is 6.92. The second-order valence-corrected chi connectivity index (χ2v) is 4.62. The molecule has 2 amide bonds. The third-order valence-corrected chi connectivity index (χ3v) is 2.90. The van der Waals surface area contributed by atoms with E-state index in [9.17, 15) is 14.7 Å². The van der Waals surface area contributed by atoms with Crippen molar-refractivity contribution in [1.29, 1.82) is 0 Å². The Morgan fingerprint density at radius 1 is 1.24 bits per heavy atom. The minimum absolute atomic E-state index is 0.362. The molecular weight excluding hydrogens is 296 g/mol. The van der Waals surface area contributed by atoms with Gasteiger partial charge >= 0.3 is 11.8 Å². The van der Waals surface area contributed by atoms with E-state index in [0.29, 0.717) is 16.5 Å². The van der Waals surface area contributed by atoms with Crippen molar-refractivity contribution in [2.45, 2.75) is 6.04 Å². The second-order valence-electron chi connectivity index (χ2n) is 4.19. The first-order chi connectivity index (χ1) is 10.1. The van der Waals surface area contributed by atoms with Crippen molar-refractivity contribution in [1.82, 2.24) is 5.32 Å². The summed E-state index contributed by atoms with van der Waals surface area (Å²) in [6.45, 7) is -0.385. The number of aliphatic hydroxyl groups is 1. The Balaban J connectivity index is 1.97. The van der Waals surface area contributed by atoms with Crippen molar-refractivity contribution in [2.24, 2.45) is 0 Å². The van der Waals surface area contributed by atoms with E-state index >= 15 is 0 Å². The van der Waals surface area contributed by atoms with Crippen molar-refractivity contribution >= 4 is 29.1 Å². The lowest BCUT2D eigenvalue weighted by Gasteiger charge is -2.13. The van der Waals surface area contributed by atoms with Gasteiger partial charge in [-0.15, -0.1) is 0 Å². The molecule has 21 heavy (non-hydrogen) atoms. The van der Waals surface area contributed by atoms with Gasteiger partial charge in [0.15, 0.2) is 0 Å². The van der Waals surface area contributed by atoms with Gasteiger partial charge in [-0.25, -0.2) is 0 Å². The molecule has 2 rings (SSSR count). The van der Waals surface area contributed by atoms with Gasteiger partial charge in [0, 0.05) is 10.7 Å². The Bertz CT molecular complexity index is 628. The van der Waals surface area contributed by atoms with Gasteiger partial charge < -0.3 is 20.2 Å². The summed E-state index contributed by atoms with van der Waals surface area (Å²) in [6.07, 6.45) is 1.41. The highest BCUT2D eigenvalue weighted by Crippen LogP contribution is 2.15. The summed E-state index contributed by atoms with van der Waals surface area (Å²) >= 11 is 5.78. The van der Waals surface area contributed by atoms with E-state index in [0.717, 1.165) is 0 Å². The first-order valence-corrected chi connectivity index (χ1v) is 6.49. The number of carbonyl (C=O) groups is 2. The molecule has 0 aliphatic heterocycles. The number of hydrogen-bond donors (Lipinski definition) is 3. The van der Waals surface area contributed by atoms with Crippen molar-refractivity contribution < 1.29 is 19.1 Å². The molecule has 6 nitrogen and oxygen atoms in total. The normalized spacial score (nSPS) is 11.7. The Labute approximate surface area is 125 Å². The molecule has 2 aromatic rings. The van der Waals surface area contributed by atoms with E-state index in [-0.39, 0.29) is 6.61 Å². The van der Waals surface area contributed by atoms with Gasteiger partial charge in [0.05, 0.1) is 12.9 Å². The summed E-state index contributed by atoms with van der Waals surface area (Å²) in [5.74, 6) is -1.38. The molecule has 1 unspecified atom stereocenters. The molecule has 0 fully saturated rings. The number of carbonyl (C=O) groups excluding carboxylic acids is 2. The van der Waals surface area contributed by atoms with Gasteiger partial charge in [0.25, 0.3) is 0 Å². The van der Waals surface area contributed by atoms with Crippen LogP contribution in [0.5, 0.6) is 0 Å². The van der Waals surface area contributed by atoms with E-state index < -0.39 is 17.9 Å². The van der Waals surface area contributed by atoms with Crippen LogP contribution in [0.4, 0.5) is 5.69 Å². The van der Waals surface area contributed by atoms with Crippen LogP contribution < -0.4 is 10.6 Å². The Morgan fingerprint density at radius 2 is 2.05 bits per heavy atom. The van der Waals surface area contributed by atoms with Crippen LogP contribution >= 0.6 is 11.6 Å². The summed E-state index contributed by atoms with van der Waals surface area (Å²) in [6, 6.07) is 8.85. The number of rotatable bonds is 4. The number of anilines is 1. The van der Waals surface area contributed by atoms with Gasteiger partial charge in [-0.1, -0.05) is 17.7 Å². The average Bonchev–Trinajstić information content (AvgIpc) is 2.98. The van der Waals surface area contributed by atoms with Gasteiger partial charge in [-0.2, -0.15) is 0 Å². The van der Waals surface area contributed by atoms with Crippen LogP contribution in [0, 0.1) is 0 Å². The van der Waals surface area contributed by atoms with Crippen molar-refractivity contribution in [3.8, 4) is 0 Å². The molecular formula is C14H13ClN2O4. The lowest BCUT2D eigenvalue weighted by Crippen LogP contribution is -2.38. The van der Waals surface area contributed by atoms with E-state index in [2.05, 4.69) is 10.6 Å². The standard InChI is InChI=1S/C14H13ClN2O4/c15-9-3-1-4-10(7-9)16-13(19)14(20)17-11(8-18)12-5-2-6-21-12/h1-7,11,18H,8H2,(H,16,19)(H,17,20). The van der Waals surface area contributed by atoms with Gasteiger partial charge in [-0.3, -0.25) is 9.59 Å². The summed E-state index contributed by atoms with van der Waals surface area (Å²) in [7, 11) is 0. The molecule has 1 heterocycles. The number of halogens is 1. The van der Waals surface area contributed by atoms with Crippen LogP contribution in [0.15, 0.2) is 47.1 Å². The monoisotopic (exact) mass is 308 g/mol. The van der Waals surface area contributed by atoms with Crippen molar-refractivity contribution in [3.63, 3.8) is 0 Å². The lowest BCUT2D eigenvalue weighted by atomic mass is 10.2. The lowest BCUT2D eigenvalue weighted by molar-refractivity contribution is -0.136. The minimum atomic E-state index is -0.884. The van der Waals surface area contributed by atoms with Gasteiger partial charge in [0.2, 0.25) is 0 Å². The zero-order chi connectivity index (χ0) is 15.2. The summed E-state index contributed by atoms with van der Waals surface area (Å²) in [5.41, 5.74) is 0.404. The van der Waals surface area contributed by atoms with Gasteiger partial charge in [-0.05, 0) is 30.3 Å². The predicted molar refractivity (Wildman–Crippen MR) is 76.8 cm³/mol.